The number of amides is 1. The van der Waals surface area contributed by atoms with Crippen LogP contribution in [0.4, 0.5) is 5.69 Å². The predicted octanol–water partition coefficient (Wildman–Crippen LogP) is 1.63. The summed E-state index contributed by atoms with van der Waals surface area (Å²) in [5.74, 6) is 0.285. The Morgan fingerprint density at radius 2 is 2.00 bits per heavy atom. The Bertz CT molecular complexity index is 452. The van der Waals surface area contributed by atoms with Gasteiger partial charge in [0.05, 0.1) is 6.54 Å². The Morgan fingerprint density at radius 1 is 1.32 bits per heavy atom. The summed E-state index contributed by atoms with van der Waals surface area (Å²) < 4.78 is 0. The van der Waals surface area contributed by atoms with Crippen LogP contribution in [-0.4, -0.2) is 42.2 Å². The molecule has 0 unspecified atom stereocenters. The van der Waals surface area contributed by atoms with E-state index in [0.29, 0.717) is 12.5 Å². The number of hydrogen-bond donors (Lipinski definition) is 3. The fraction of sp³-hybridized carbons (Fsp3) is 0.533. The summed E-state index contributed by atoms with van der Waals surface area (Å²) in [6.45, 7) is 3.22. The number of halogens is 2. The zero-order chi connectivity index (χ0) is 14.4. The van der Waals surface area contributed by atoms with Gasteiger partial charge in [-0.2, -0.15) is 0 Å². The van der Waals surface area contributed by atoms with Gasteiger partial charge < -0.3 is 16.2 Å². The first kappa shape index (κ1) is 21.1. The Morgan fingerprint density at radius 3 is 2.59 bits per heavy atom. The molecule has 5 nitrogen and oxygen atoms in total. The molecule has 1 amide bonds. The van der Waals surface area contributed by atoms with Crippen LogP contribution in [0.3, 0.4) is 0 Å². The maximum atomic E-state index is 11.3. The quantitative estimate of drug-likeness (QED) is 0.754. The van der Waals surface area contributed by atoms with Crippen molar-refractivity contribution in [1.29, 1.82) is 0 Å². The highest BCUT2D eigenvalue weighted by molar-refractivity contribution is 5.92. The fourth-order valence-corrected chi connectivity index (χ4v) is 2.54. The number of nitrogens with one attached hydrogen (secondary N) is 1. The lowest BCUT2D eigenvalue weighted by atomic mass is 9.97. The Balaban J connectivity index is 0.00000220. The second-order valence-electron chi connectivity index (χ2n) is 5.35. The van der Waals surface area contributed by atoms with Crippen LogP contribution < -0.4 is 11.1 Å². The second-order valence-corrected chi connectivity index (χ2v) is 5.35. The summed E-state index contributed by atoms with van der Waals surface area (Å²) in [6, 6.07) is 7.87. The molecule has 4 N–H and O–H groups in total. The molecule has 7 heteroatoms. The number of rotatable bonds is 5. The zero-order valence-electron chi connectivity index (χ0n) is 12.5. The molecule has 1 fully saturated rings. The molecule has 0 bridgehead atoms. The summed E-state index contributed by atoms with van der Waals surface area (Å²) in [4.78, 5) is 13.7. The number of nitrogens with two attached hydrogens (primary N) is 1. The van der Waals surface area contributed by atoms with Crippen LogP contribution in [0.2, 0.25) is 0 Å². The van der Waals surface area contributed by atoms with Crippen molar-refractivity contribution in [3.8, 4) is 0 Å². The summed E-state index contributed by atoms with van der Waals surface area (Å²) in [5.41, 5.74) is 7.27. The molecule has 22 heavy (non-hydrogen) atoms. The van der Waals surface area contributed by atoms with Crippen LogP contribution in [0.25, 0.3) is 0 Å². The lowest BCUT2D eigenvalue weighted by molar-refractivity contribution is -0.114. The predicted molar refractivity (Wildman–Crippen MR) is 93.7 cm³/mol. The van der Waals surface area contributed by atoms with E-state index in [4.69, 9.17) is 10.8 Å². The maximum absolute atomic E-state index is 11.3. The average molecular weight is 350 g/mol. The monoisotopic (exact) mass is 349 g/mol. The minimum absolute atomic E-state index is 0. The Kier molecular flexibility index (Phi) is 10.4. The van der Waals surface area contributed by atoms with Gasteiger partial charge in [-0.05, 0) is 49.5 Å². The van der Waals surface area contributed by atoms with Crippen molar-refractivity contribution in [1.82, 2.24) is 4.90 Å². The van der Waals surface area contributed by atoms with Crippen LogP contribution in [0.1, 0.15) is 18.4 Å². The molecule has 1 aromatic rings. The SMILES string of the molecule is Cl.Cl.NCC(=O)Nc1cccc(CN2CCC(CO)CC2)c1. The summed E-state index contributed by atoms with van der Waals surface area (Å²) >= 11 is 0. The van der Waals surface area contributed by atoms with Crippen LogP contribution in [0.15, 0.2) is 24.3 Å². The van der Waals surface area contributed by atoms with Crippen molar-refractivity contribution < 1.29 is 9.90 Å². The van der Waals surface area contributed by atoms with Crippen LogP contribution >= 0.6 is 24.8 Å². The van der Waals surface area contributed by atoms with E-state index in [1.807, 2.05) is 18.2 Å². The molecule has 1 aliphatic rings. The third-order valence-corrected chi connectivity index (χ3v) is 3.77. The molecule has 126 valence electrons. The largest absolute Gasteiger partial charge is 0.396 e. The highest BCUT2D eigenvalue weighted by Gasteiger charge is 2.18. The van der Waals surface area contributed by atoms with E-state index in [1.54, 1.807) is 0 Å². The molecule has 1 saturated heterocycles. The molecule has 2 rings (SSSR count). The van der Waals surface area contributed by atoms with Gasteiger partial charge in [-0.1, -0.05) is 12.1 Å². The molecule has 0 aliphatic carbocycles. The van der Waals surface area contributed by atoms with Gasteiger partial charge >= 0.3 is 0 Å². The summed E-state index contributed by atoms with van der Waals surface area (Å²) in [7, 11) is 0. The number of piperidine rings is 1. The summed E-state index contributed by atoms with van der Waals surface area (Å²) in [6.07, 6.45) is 2.11. The number of aliphatic hydroxyl groups is 1. The number of aliphatic hydroxyl groups excluding tert-OH is 1. The topological polar surface area (TPSA) is 78.6 Å². The van der Waals surface area contributed by atoms with Gasteiger partial charge in [0.2, 0.25) is 5.91 Å². The molecule has 0 saturated carbocycles. The first-order chi connectivity index (χ1) is 9.71. The van der Waals surface area contributed by atoms with E-state index in [-0.39, 0.29) is 37.3 Å². The van der Waals surface area contributed by atoms with Gasteiger partial charge in [0.25, 0.3) is 0 Å². The zero-order valence-corrected chi connectivity index (χ0v) is 14.2. The van der Waals surface area contributed by atoms with E-state index in [2.05, 4.69) is 16.3 Å². The third kappa shape index (κ3) is 6.50. The highest BCUT2D eigenvalue weighted by Crippen LogP contribution is 2.19. The van der Waals surface area contributed by atoms with Crippen molar-refractivity contribution in [3.05, 3.63) is 29.8 Å². The number of likely N-dealkylation sites (tertiary alicyclic amines) is 1. The molecule has 1 heterocycles. The minimum Gasteiger partial charge on any atom is -0.396 e. The Hall–Kier alpha value is -0.850. The van der Waals surface area contributed by atoms with E-state index in [0.717, 1.165) is 38.2 Å². The Labute approximate surface area is 144 Å². The van der Waals surface area contributed by atoms with Gasteiger partial charge in [0.1, 0.15) is 0 Å². The third-order valence-electron chi connectivity index (χ3n) is 3.77. The van der Waals surface area contributed by atoms with E-state index >= 15 is 0 Å². The van der Waals surface area contributed by atoms with Gasteiger partial charge in [0.15, 0.2) is 0 Å². The summed E-state index contributed by atoms with van der Waals surface area (Å²) in [5, 5.41) is 11.9. The van der Waals surface area contributed by atoms with Crippen molar-refractivity contribution >= 4 is 36.4 Å². The highest BCUT2D eigenvalue weighted by atomic mass is 35.5. The minimum atomic E-state index is -0.175. The van der Waals surface area contributed by atoms with Crippen LogP contribution in [-0.2, 0) is 11.3 Å². The number of carbonyl (C=O) groups is 1. The first-order valence-corrected chi connectivity index (χ1v) is 7.13. The van der Waals surface area contributed by atoms with E-state index < -0.39 is 0 Å². The normalized spacial score (nSPS) is 15.5. The van der Waals surface area contributed by atoms with Gasteiger partial charge in [-0.15, -0.1) is 24.8 Å². The van der Waals surface area contributed by atoms with Crippen molar-refractivity contribution in [2.45, 2.75) is 19.4 Å². The standard InChI is InChI=1S/C15H23N3O2.2ClH/c16-9-15(20)17-14-3-1-2-13(8-14)10-18-6-4-12(11-19)5-7-18;;/h1-3,8,12,19H,4-7,9-11,16H2,(H,17,20);2*1H. The molecular formula is C15H25Cl2N3O2. The van der Waals surface area contributed by atoms with Crippen molar-refractivity contribution in [3.63, 3.8) is 0 Å². The molecule has 1 aliphatic heterocycles. The smallest absolute Gasteiger partial charge is 0.238 e. The molecule has 1 aromatic carbocycles. The molecular weight excluding hydrogens is 325 g/mol. The number of benzene rings is 1. The van der Waals surface area contributed by atoms with Crippen LogP contribution in [0.5, 0.6) is 0 Å². The lowest BCUT2D eigenvalue weighted by Crippen LogP contribution is -2.34. The molecule has 0 atom stereocenters. The van der Waals surface area contributed by atoms with Gasteiger partial charge in [-0.25, -0.2) is 0 Å². The number of anilines is 1. The first-order valence-electron chi connectivity index (χ1n) is 7.13. The second kappa shape index (κ2) is 10.8. The average Bonchev–Trinajstić information content (AvgIpc) is 2.48. The van der Waals surface area contributed by atoms with E-state index in [1.165, 1.54) is 5.56 Å². The number of nitrogens with zero attached hydrogens (tertiary/aromatic N) is 1. The molecule has 0 aromatic heterocycles. The van der Waals surface area contributed by atoms with Crippen LogP contribution in [0, 0.1) is 5.92 Å². The van der Waals surface area contributed by atoms with Gasteiger partial charge in [0, 0.05) is 18.8 Å². The van der Waals surface area contributed by atoms with Crippen molar-refractivity contribution in [2.75, 3.05) is 31.6 Å². The fourth-order valence-electron chi connectivity index (χ4n) is 2.54. The lowest BCUT2D eigenvalue weighted by Gasteiger charge is -2.31. The van der Waals surface area contributed by atoms with Crippen molar-refractivity contribution in [2.24, 2.45) is 11.7 Å². The number of carbonyl (C=O) groups excluding carboxylic acids is 1. The molecule has 0 spiro atoms. The maximum Gasteiger partial charge on any atom is 0.238 e. The van der Waals surface area contributed by atoms with E-state index in [9.17, 15) is 4.79 Å². The number of hydrogen-bond acceptors (Lipinski definition) is 4. The molecule has 0 radical (unpaired) electrons. The van der Waals surface area contributed by atoms with Gasteiger partial charge in [-0.3, -0.25) is 9.69 Å².